The molecule has 0 bridgehead atoms. The molecule has 116 valence electrons. The molecule has 20 heavy (non-hydrogen) atoms. The lowest BCUT2D eigenvalue weighted by Crippen LogP contribution is -2.50. The predicted octanol–water partition coefficient (Wildman–Crippen LogP) is 2.56. The second kappa shape index (κ2) is 7.50. The second-order valence-electron chi connectivity index (χ2n) is 6.23. The van der Waals surface area contributed by atoms with Gasteiger partial charge in [-0.2, -0.15) is 0 Å². The van der Waals surface area contributed by atoms with Gasteiger partial charge in [-0.25, -0.2) is 4.79 Å². The number of amides is 2. The van der Waals surface area contributed by atoms with E-state index < -0.39 is 11.9 Å². The topological polar surface area (TPSA) is 69.6 Å². The van der Waals surface area contributed by atoms with Crippen LogP contribution in [0.3, 0.4) is 0 Å². The van der Waals surface area contributed by atoms with E-state index in [1.807, 2.05) is 6.92 Å². The molecule has 1 aliphatic rings. The second-order valence-corrected chi connectivity index (χ2v) is 6.23. The fraction of sp³-hybridized carbons (Fsp3) is 0.867. The number of nitrogens with zero attached hydrogens (tertiary/aromatic N) is 1. The van der Waals surface area contributed by atoms with Gasteiger partial charge in [0.2, 0.25) is 0 Å². The third-order valence-electron chi connectivity index (χ3n) is 4.33. The van der Waals surface area contributed by atoms with E-state index in [9.17, 15) is 9.59 Å². The van der Waals surface area contributed by atoms with Crippen LogP contribution in [0.5, 0.6) is 0 Å². The molecule has 0 saturated heterocycles. The van der Waals surface area contributed by atoms with Crippen molar-refractivity contribution < 1.29 is 14.7 Å². The van der Waals surface area contributed by atoms with Gasteiger partial charge in [-0.15, -0.1) is 0 Å². The Labute approximate surface area is 121 Å². The van der Waals surface area contributed by atoms with Gasteiger partial charge in [0, 0.05) is 19.1 Å². The number of hydrogen-bond donors (Lipinski definition) is 2. The van der Waals surface area contributed by atoms with Crippen LogP contribution in [-0.2, 0) is 4.79 Å². The molecular formula is C15H28N2O3. The summed E-state index contributed by atoms with van der Waals surface area (Å²) in [6.45, 7) is 8.72. The Hall–Kier alpha value is -1.26. The van der Waals surface area contributed by atoms with E-state index in [1.165, 1.54) is 0 Å². The summed E-state index contributed by atoms with van der Waals surface area (Å²) in [5.74, 6) is -0.189. The van der Waals surface area contributed by atoms with Crippen LogP contribution in [0, 0.1) is 17.8 Å². The number of hydrogen-bond acceptors (Lipinski definition) is 2. The number of carboxylic acids is 1. The highest BCUT2D eigenvalue weighted by molar-refractivity contribution is 5.76. The summed E-state index contributed by atoms with van der Waals surface area (Å²) in [7, 11) is 0. The fourth-order valence-corrected chi connectivity index (χ4v) is 2.89. The highest BCUT2D eigenvalue weighted by Crippen LogP contribution is 2.28. The Balaban J connectivity index is 2.52. The Morgan fingerprint density at radius 2 is 2.00 bits per heavy atom. The van der Waals surface area contributed by atoms with Gasteiger partial charge in [0.25, 0.3) is 0 Å². The number of aliphatic carboxylic acids is 1. The molecule has 0 aromatic heterocycles. The summed E-state index contributed by atoms with van der Waals surface area (Å²) in [6, 6.07) is 0.0832. The summed E-state index contributed by atoms with van der Waals surface area (Å²) < 4.78 is 0. The highest BCUT2D eigenvalue weighted by atomic mass is 16.4. The molecule has 1 fully saturated rings. The van der Waals surface area contributed by atoms with Gasteiger partial charge in [-0.3, -0.25) is 4.79 Å². The van der Waals surface area contributed by atoms with Crippen molar-refractivity contribution in [3.05, 3.63) is 0 Å². The quantitative estimate of drug-likeness (QED) is 0.815. The van der Waals surface area contributed by atoms with Crippen molar-refractivity contribution in [3.8, 4) is 0 Å². The van der Waals surface area contributed by atoms with E-state index in [4.69, 9.17) is 5.11 Å². The van der Waals surface area contributed by atoms with Gasteiger partial charge < -0.3 is 15.3 Å². The molecule has 0 aromatic rings. The van der Waals surface area contributed by atoms with E-state index in [-0.39, 0.29) is 18.6 Å². The molecule has 4 unspecified atom stereocenters. The van der Waals surface area contributed by atoms with Crippen LogP contribution < -0.4 is 5.32 Å². The molecule has 1 saturated carbocycles. The largest absolute Gasteiger partial charge is 0.481 e. The molecular weight excluding hydrogens is 256 g/mol. The van der Waals surface area contributed by atoms with E-state index in [1.54, 1.807) is 11.8 Å². The number of carboxylic acid groups (broad SMARTS) is 1. The number of urea groups is 1. The molecule has 0 aliphatic heterocycles. The average Bonchev–Trinajstić information content (AvgIpc) is 2.38. The molecule has 5 nitrogen and oxygen atoms in total. The Bertz CT molecular complexity index is 346. The van der Waals surface area contributed by atoms with Crippen LogP contribution >= 0.6 is 0 Å². The fourth-order valence-electron chi connectivity index (χ4n) is 2.89. The smallest absolute Gasteiger partial charge is 0.317 e. The average molecular weight is 284 g/mol. The zero-order valence-electron chi connectivity index (χ0n) is 13.1. The van der Waals surface area contributed by atoms with Gasteiger partial charge in [0.05, 0.1) is 5.92 Å². The maximum atomic E-state index is 12.2. The Morgan fingerprint density at radius 1 is 1.35 bits per heavy atom. The lowest BCUT2D eigenvalue weighted by molar-refractivity contribution is -0.141. The first-order valence-corrected chi connectivity index (χ1v) is 7.63. The molecule has 2 N–H and O–H groups in total. The minimum absolute atomic E-state index is 0.132. The number of nitrogens with one attached hydrogen (secondary N) is 1. The molecule has 5 heteroatoms. The summed E-state index contributed by atoms with van der Waals surface area (Å²) >= 11 is 0. The molecule has 1 aliphatic carbocycles. The number of rotatable bonds is 5. The van der Waals surface area contributed by atoms with E-state index >= 15 is 0 Å². The maximum Gasteiger partial charge on any atom is 0.317 e. The van der Waals surface area contributed by atoms with E-state index in [2.05, 4.69) is 19.2 Å². The van der Waals surface area contributed by atoms with Crippen LogP contribution in [0.1, 0.15) is 47.0 Å². The predicted molar refractivity (Wildman–Crippen MR) is 78.5 cm³/mol. The van der Waals surface area contributed by atoms with Crippen LogP contribution in [0.2, 0.25) is 0 Å². The Kier molecular flexibility index (Phi) is 6.30. The van der Waals surface area contributed by atoms with Gasteiger partial charge in [-0.1, -0.05) is 20.8 Å². The van der Waals surface area contributed by atoms with Crippen molar-refractivity contribution in [3.63, 3.8) is 0 Å². The first-order valence-electron chi connectivity index (χ1n) is 7.63. The molecule has 0 heterocycles. The minimum atomic E-state index is -0.865. The molecule has 2 amide bonds. The lowest BCUT2D eigenvalue weighted by atomic mass is 9.80. The normalized spacial score (nSPS) is 27.7. The molecule has 1 rings (SSSR count). The summed E-state index contributed by atoms with van der Waals surface area (Å²) in [4.78, 5) is 24.7. The van der Waals surface area contributed by atoms with Crippen LogP contribution in [0.25, 0.3) is 0 Å². The van der Waals surface area contributed by atoms with Crippen molar-refractivity contribution in [1.29, 1.82) is 0 Å². The Morgan fingerprint density at radius 3 is 2.50 bits per heavy atom. The van der Waals surface area contributed by atoms with E-state index in [0.29, 0.717) is 12.5 Å². The molecule has 0 radical (unpaired) electrons. The first-order chi connectivity index (χ1) is 9.35. The van der Waals surface area contributed by atoms with Crippen molar-refractivity contribution in [2.24, 2.45) is 17.8 Å². The lowest BCUT2D eigenvalue weighted by Gasteiger charge is -2.35. The van der Waals surface area contributed by atoms with Crippen LogP contribution in [0.4, 0.5) is 4.79 Å². The molecule has 0 spiro atoms. The van der Waals surface area contributed by atoms with Crippen molar-refractivity contribution in [2.45, 2.75) is 53.0 Å². The zero-order valence-corrected chi connectivity index (χ0v) is 13.1. The minimum Gasteiger partial charge on any atom is -0.481 e. The monoisotopic (exact) mass is 284 g/mol. The van der Waals surface area contributed by atoms with Crippen molar-refractivity contribution in [2.75, 3.05) is 13.1 Å². The summed E-state index contributed by atoms with van der Waals surface area (Å²) in [5.41, 5.74) is 0. The van der Waals surface area contributed by atoms with Gasteiger partial charge in [0.1, 0.15) is 0 Å². The highest BCUT2D eigenvalue weighted by Gasteiger charge is 2.28. The number of carbonyl (C=O) groups is 2. The SMILES string of the molecule is CCN(CC(C)C(=O)O)C(=O)NC1CCC(C)CC1C. The van der Waals surface area contributed by atoms with Crippen molar-refractivity contribution >= 4 is 12.0 Å². The molecule has 0 aromatic carbocycles. The first kappa shape index (κ1) is 16.8. The third-order valence-corrected chi connectivity index (χ3v) is 4.33. The van der Waals surface area contributed by atoms with Crippen LogP contribution in [-0.4, -0.2) is 41.1 Å². The van der Waals surface area contributed by atoms with E-state index in [0.717, 1.165) is 25.2 Å². The number of carbonyl (C=O) groups excluding carboxylic acids is 1. The molecule has 4 atom stereocenters. The zero-order chi connectivity index (χ0) is 15.3. The third kappa shape index (κ3) is 4.69. The maximum absolute atomic E-state index is 12.2. The summed E-state index contributed by atoms with van der Waals surface area (Å²) in [5, 5.41) is 12.0. The van der Waals surface area contributed by atoms with Gasteiger partial charge >= 0.3 is 12.0 Å². The standard InChI is InChI=1S/C15H28N2O3/c1-5-17(9-12(4)14(18)19)15(20)16-13-7-6-10(2)8-11(13)3/h10-13H,5-9H2,1-4H3,(H,16,20)(H,18,19). The summed E-state index contributed by atoms with van der Waals surface area (Å²) in [6.07, 6.45) is 3.30. The van der Waals surface area contributed by atoms with Gasteiger partial charge in [0.15, 0.2) is 0 Å². The van der Waals surface area contributed by atoms with Gasteiger partial charge in [-0.05, 0) is 38.0 Å². The van der Waals surface area contributed by atoms with Crippen molar-refractivity contribution in [1.82, 2.24) is 10.2 Å². The van der Waals surface area contributed by atoms with Crippen LogP contribution in [0.15, 0.2) is 0 Å².